The molecule has 0 spiro atoms. The molecule has 94 valence electrons. The largest absolute Gasteiger partial charge is 0.374 e. The predicted octanol–water partition coefficient (Wildman–Crippen LogP) is 3.04. The van der Waals surface area contributed by atoms with Crippen LogP contribution in [0.4, 0.5) is 0 Å². The fourth-order valence-electron chi connectivity index (χ4n) is 3.03. The second kappa shape index (κ2) is 6.23. The monoisotopic (exact) mass is 245 g/mol. The van der Waals surface area contributed by atoms with Gasteiger partial charge in [-0.3, -0.25) is 4.90 Å². The average molecular weight is 246 g/mol. The molecule has 3 heteroatoms. The lowest BCUT2D eigenvalue weighted by Gasteiger charge is -2.36. The van der Waals surface area contributed by atoms with Crippen molar-refractivity contribution in [2.45, 2.75) is 63.7 Å². The van der Waals surface area contributed by atoms with Crippen molar-refractivity contribution in [3.8, 4) is 0 Å². The summed E-state index contributed by atoms with van der Waals surface area (Å²) >= 11 is 5.88. The Morgan fingerprint density at radius 2 is 2.12 bits per heavy atom. The number of rotatable bonds is 4. The van der Waals surface area contributed by atoms with Crippen LogP contribution in [0.1, 0.15) is 45.4 Å². The van der Waals surface area contributed by atoms with Gasteiger partial charge in [0.15, 0.2) is 0 Å². The van der Waals surface area contributed by atoms with Crippen LogP contribution in [0.25, 0.3) is 0 Å². The zero-order valence-corrected chi connectivity index (χ0v) is 11.1. The number of likely N-dealkylation sites (tertiary alicyclic amines) is 1. The van der Waals surface area contributed by atoms with Crippen LogP contribution in [0.15, 0.2) is 0 Å². The van der Waals surface area contributed by atoms with Crippen LogP contribution in [0.3, 0.4) is 0 Å². The molecule has 0 bridgehead atoms. The van der Waals surface area contributed by atoms with Gasteiger partial charge in [0, 0.05) is 18.5 Å². The zero-order valence-electron chi connectivity index (χ0n) is 10.3. The van der Waals surface area contributed by atoms with Gasteiger partial charge in [-0.25, -0.2) is 0 Å². The molecule has 16 heavy (non-hydrogen) atoms. The van der Waals surface area contributed by atoms with E-state index in [1.54, 1.807) is 0 Å². The highest BCUT2D eigenvalue weighted by Gasteiger charge is 2.28. The summed E-state index contributed by atoms with van der Waals surface area (Å²) in [6.45, 7) is 4.56. The van der Waals surface area contributed by atoms with E-state index in [0.717, 1.165) is 18.8 Å². The molecule has 2 aliphatic heterocycles. The van der Waals surface area contributed by atoms with Gasteiger partial charge in [0.1, 0.15) is 0 Å². The third kappa shape index (κ3) is 3.35. The maximum absolute atomic E-state index is 5.92. The summed E-state index contributed by atoms with van der Waals surface area (Å²) in [6, 6.07) is 0.714. The summed E-state index contributed by atoms with van der Waals surface area (Å²) in [4.78, 5) is 2.62. The fourth-order valence-corrected chi connectivity index (χ4v) is 3.29. The maximum atomic E-state index is 5.92. The third-order valence-electron chi connectivity index (χ3n) is 3.95. The SMILES string of the molecule is CC1CCC(CN2CCCCC2CCCl)O1. The van der Waals surface area contributed by atoms with Crippen molar-refractivity contribution in [2.75, 3.05) is 19.0 Å². The number of alkyl halides is 1. The Labute approximate surface area is 104 Å². The number of piperidine rings is 1. The minimum Gasteiger partial charge on any atom is -0.374 e. The Kier molecular flexibility index (Phi) is 4.93. The van der Waals surface area contributed by atoms with Crippen molar-refractivity contribution in [1.82, 2.24) is 4.90 Å². The average Bonchev–Trinajstić information content (AvgIpc) is 2.67. The normalized spacial score (nSPS) is 36.8. The van der Waals surface area contributed by atoms with Gasteiger partial charge in [-0.15, -0.1) is 11.6 Å². The number of halogens is 1. The lowest BCUT2D eigenvalue weighted by Crippen LogP contribution is -2.43. The molecule has 2 rings (SSSR count). The highest BCUT2D eigenvalue weighted by Crippen LogP contribution is 2.25. The molecule has 0 radical (unpaired) electrons. The van der Waals surface area contributed by atoms with Crippen LogP contribution < -0.4 is 0 Å². The summed E-state index contributed by atoms with van der Waals surface area (Å²) in [5.74, 6) is 0.795. The van der Waals surface area contributed by atoms with Crippen molar-refractivity contribution in [3.63, 3.8) is 0 Å². The first-order valence-electron chi connectivity index (χ1n) is 6.75. The molecule has 2 aliphatic rings. The van der Waals surface area contributed by atoms with E-state index in [-0.39, 0.29) is 0 Å². The predicted molar refractivity (Wildman–Crippen MR) is 68.1 cm³/mol. The standard InChI is InChI=1S/C13H24ClNO/c1-11-5-6-13(16-11)10-15-9-3-2-4-12(15)7-8-14/h11-13H,2-10H2,1H3. The van der Waals surface area contributed by atoms with Gasteiger partial charge >= 0.3 is 0 Å². The van der Waals surface area contributed by atoms with Crippen LogP contribution in [0, 0.1) is 0 Å². The van der Waals surface area contributed by atoms with Gasteiger partial charge < -0.3 is 4.74 Å². The van der Waals surface area contributed by atoms with Crippen molar-refractivity contribution in [3.05, 3.63) is 0 Å². The second-order valence-electron chi connectivity index (χ2n) is 5.27. The molecule has 2 nitrogen and oxygen atoms in total. The zero-order chi connectivity index (χ0) is 11.4. The fraction of sp³-hybridized carbons (Fsp3) is 1.00. The van der Waals surface area contributed by atoms with Crippen LogP contribution in [0.2, 0.25) is 0 Å². The molecule has 2 saturated heterocycles. The van der Waals surface area contributed by atoms with Crippen molar-refractivity contribution in [2.24, 2.45) is 0 Å². The van der Waals surface area contributed by atoms with Crippen molar-refractivity contribution >= 4 is 11.6 Å². The van der Waals surface area contributed by atoms with Gasteiger partial charge in [-0.2, -0.15) is 0 Å². The smallest absolute Gasteiger partial charge is 0.0706 e. The molecule has 0 aromatic carbocycles. The molecular formula is C13H24ClNO. The van der Waals surface area contributed by atoms with Crippen LogP contribution in [0.5, 0.6) is 0 Å². The van der Waals surface area contributed by atoms with Gasteiger partial charge in [0.25, 0.3) is 0 Å². The Hall–Kier alpha value is 0.210. The highest BCUT2D eigenvalue weighted by atomic mass is 35.5. The summed E-state index contributed by atoms with van der Waals surface area (Å²) in [5, 5.41) is 0. The van der Waals surface area contributed by atoms with Gasteiger partial charge in [-0.1, -0.05) is 6.42 Å². The minimum absolute atomic E-state index is 0.473. The van der Waals surface area contributed by atoms with E-state index < -0.39 is 0 Å². The topological polar surface area (TPSA) is 12.5 Å². The highest BCUT2D eigenvalue weighted by molar-refractivity contribution is 6.17. The van der Waals surface area contributed by atoms with E-state index in [1.807, 2.05) is 0 Å². The van der Waals surface area contributed by atoms with Crippen LogP contribution in [-0.2, 0) is 4.74 Å². The van der Waals surface area contributed by atoms with Gasteiger partial charge in [0.2, 0.25) is 0 Å². The number of nitrogens with zero attached hydrogens (tertiary/aromatic N) is 1. The summed E-state index contributed by atoms with van der Waals surface area (Å²) in [5.41, 5.74) is 0. The number of ether oxygens (including phenoxy) is 1. The molecule has 0 saturated carbocycles. The van der Waals surface area contributed by atoms with E-state index in [4.69, 9.17) is 16.3 Å². The lowest BCUT2D eigenvalue weighted by molar-refractivity contribution is 0.0132. The second-order valence-corrected chi connectivity index (χ2v) is 5.65. The van der Waals surface area contributed by atoms with Gasteiger partial charge in [0.05, 0.1) is 12.2 Å². The molecule has 0 N–H and O–H groups in total. The Morgan fingerprint density at radius 1 is 1.25 bits per heavy atom. The first kappa shape index (κ1) is 12.7. The van der Waals surface area contributed by atoms with E-state index in [0.29, 0.717) is 18.2 Å². The maximum Gasteiger partial charge on any atom is 0.0706 e. The molecular weight excluding hydrogens is 222 g/mol. The van der Waals surface area contributed by atoms with Gasteiger partial charge in [-0.05, 0) is 45.6 Å². The Balaban J connectivity index is 1.81. The summed E-state index contributed by atoms with van der Waals surface area (Å²) in [6.07, 6.45) is 8.62. The third-order valence-corrected chi connectivity index (χ3v) is 4.17. The first-order chi connectivity index (χ1) is 7.79. The minimum atomic E-state index is 0.473. The number of hydrogen-bond donors (Lipinski definition) is 0. The molecule has 0 aromatic heterocycles. The van der Waals surface area contributed by atoms with E-state index >= 15 is 0 Å². The molecule has 3 atom stereocenters. The van der Waals surface area contributed by atoms with E-state index in [1.165, 1.54) is 38.6 Å². The van der Waals surface area contributed by atoms with Crippen LogP contribution in [-0.4, -0.2) is 42.1 Å². The van der Waals surface area contributed by atoms with Crippen molar-refractivity contribution in [1.29, 1.82) is 0 Å². The molecule has 3 unspecified atom stereocenters. The molecule has 2 heterocycles. The van der Waals surface area contributed by atoms with Crippen molar-refractivity contribution < 1.29 is 4.74 Å². The molecule has 0 aliphatic carbocycles. The van der Waals surface area contributed by atoms with Crippen LogP contribution >= 0.6 is 11.6 Å². The first-order valence-corrected chi connectivity index (χ1v) is 7.28. The van der Waals surface area contributed by atoms with E-state index in [2.05, 4.69) is 11.8 Å². The Bertz CT molecular complexity index is 210. The lowest BCUT2D eigenvalue weighted by atomic mass is 9.99. The summed E-state index contributed by atoms with van der Waals surface area (Å²) < 4.78 is 5.92. The molecule has 0 amide bonds. The van der Waals surface area contributed by atoms with E-state index in [9.17, 15) is 0 Å². The Morgan fingerprint density at radius 3 is 2.81 bits per heavy atom. The number of hydrogen-bond acceptors (Lipinski definition) is 2. The molecule has 0 aromatic rings. The molecule has 2 fully saturated rings. The quantitative estimate of drug-likeness (QED) is 0.706. The summed E-state index contributed by atoms with van der Waals surface area (Å²) in [7, 11) is 0.